The highest BCUT2D eigenvalue weighted by atomic mass is 32.2. The fourth-order valence-electron chi connectivity index (χ4n) is 5.14. The van der Waals surface area contributed by atoms with Gasteiger partial charge in [-0.15, -0.1) is 0 Å². The number of carbonyl (C=O) groups is 2. The number of benzene rings is 4. The van der Waals surface area contributed by atoms with Gasteiger partial charge < -0.3 is 10.2 Å². The van der Waals surface area contributed by atoms with Crippen LogP contribution >= 0.6 is 0 Å². The number of amides is 2. The largest absolute Gasteiger partial charge is 0.350 e. The lowest BCUT2D eigenvalue weighted by Crippen LogP contribution is -2.56. The van der Waals surface area contributed by atoms with Crippen LogP contribution in [0, 0.1) is 20.8 Å². The van der Waals surface area contributed by atoms with E-state index in [0.29, 0.717) is 5.69 Å². The monoisotopic (exact) mass is 625 g/mol. The summed E-state index contributed by atoms with van der Waals surface area (Å²) < 4.78 is 29.6. The van der Waals surface area contributed by atoms with Crippen LogP contribution in [0.15, 0.2) is 108 Å². The van der Waals surface area contributed by atoms with Gasteiger partial charge in [0.15, 0.2) is 0 Å². The molecular formula is C37H43N3O4S. The molecule has 236 valence electrons. The number of nitrogens with one attached hydrogen (secondary N) is 1. The average Bonchev–Trinajstić information content (AvgIpc) is 3.00. The third-order valence-electron chi connectivity index (χ3n) is 7.70. The van der Waals surface area contributed by atoms with Gasteiger partial charge in [-0.3, -0.25) is 13.9 Å². The van der Waals surface area contributed by atoms with Gasteiger partial charge in [-0.25, -0.2) is 8.42 Å². The van der Waals surface area contributed by atoms with E-state index in [-0.39, 0.29) is 23.8 Å². The maximum atomic E-state index is 14.6. The highest BCUT2D eigenvalue weighted by Crippen LogP contribution is 2.29. The maximum Gasteiger partial charge on any atom is 0.264 e. The molecule has 0 spiro atoms. The standard InChI is InChI=1S/C37H43N3O4S/c1-27-20-22-31(23-21-27)25-39(34(36(42)38-37(4,5)6)24-30-15-9-7-10-16-30)35(41)26-40(33-19-13-14-28(2)29(33)3)45(43,44)32-17-11-8-12-18-32/h7-23,34H,24-26H2,1-6H3,(H,38,42)/t34-/m1/s1. The second kappa shape index (κ2) is 14.1. The van der Waals surface area contributed by atoms with Crippen molar-refractivity contribution in [2.45, 2.75) is 71.0 Å². The first-order valence-electron chi connectivity index (χ1n) is 15.1. The van der Waals surface area contributed by atoms with Crippen LogP contribution < -0.4 is 9.62 Å². The molecule has 0 fully saturated rings. The first-order valence-corrected chi connectivity index (χ1v) is 16.6. The van der Waals surface area contributed by atoms with Crippen molar-refractivity contribution in [1.29, 1.82) is 0 Å². The Balaban J connectivity index is 1.84. The molecule has 0 saturated carbocycles. The van der Waals surface area contributed by atoms with Gasteiger partial charge in [0.1, 0.15) is 12.6 Å². The van der Waals surface area contributed by atoms with Crippen LogP contribution in [-0.4, -0.2) is 43.3 Å². The van der Waals surface area contributed by atoms with Crippen LogP contribution in [0.1, 0.15) is 48.6 Å². The van der Waals surface area contributed by atoms with Crippen LogP contribution in [0.3, 0.4) is 0 Å². The van der Waals surface area contributed by atoms with Crippen molar-refractivity contribution in [2.24, 2.45) is 0 Å². The quantitative estimate of drug-likeness (QED) is 0.210. The molecule has 1 atom stereocenters. The molecular weight excluding hydrogens is 582 g/mol. The molecule has 1 N–H and O–H groups in total. The van der Waals surface area contributed by atoms with Crippen molar-refractivity contribution in [1.82, 2.24) is 10.2 Å². The Labute approximate surface area is 268 Å². The number of carbonyl (C=O) groups excluding carboxylic acids is 2. The number of nitrogens with zero attached hydrogens (tertiary/aromatic N) is 2. The van der Waals surface area contributed by atoms with Crippen molar-refractivity contribution in [2.75, 3.05) is 10.8 Å². The normalized spacial score (nSPS) is 12.3. The Morgan fingerprint density at radius 1 is 0.756 bits per heavy atom. The Morgan fingerprint density at radius 2 is 1.36 bits per heavy atom. The van der Waals surface area contributed by atoms with E-state index in [1.165, 1.54) is 21.3 Å². The second-order valence-corrected chi connectivity index (χ2v) is 14.4. The number of hydrogen-bond acceptors (Lipinski definition) is 4. The molecule has 0 aliphatic heterocycles. The maximum absolute atomic E-state index is 14.6. The van der Waals surface area contributed by atoms with E-state index in [2.05, 4.69) is 5.32 Å². The summed E-state index contributed by atoms with van der Waals surface area (Å²) in [5.41, 5.74) is 4.30. The summed E-state index contributed by atoms with van der Waals surface area (Å²) in [5.74, 6) is -0.794. The molecule has 0 aliphatic carbocycles. The van der Waals surface area contributed by atoms with Crippen molar-refractivity contribution >= 4 is 27.5 Å². The summed E-state index contributed by atoms with van der Waals surface area (Å²) in [5, 5.41) is 3.06. The fourth-order valence-corrected chi connectivity index (χ4v) is 6.63. The molecule has 7 nitrogen and oxygen atoms in total. The van der Waals surface area contributed by atoms with Crippen LogP contribution in [0.4, 0.5) is 5.69 Å². The Bertz CT molecular complexity index is 1720. The van der Waals surface area contributed by atoms with E-state index in [1.54, 1.807) is 30.3 Å². The predicted octanol–water partition coefficient (Wildman–Crippen LogP) is 6.36. The lowest BCUT2D eigenvalue weighted by molar-refractivity contribution is -0.140. The summed E-state index contributed by atoms with van der Waals surface area (Å²) in [6.45, 7) is 11.1. The molecule has 0 radical (unpaired) electrons. The summed E-state index contributed by atoms with van der Waals surface area (Å²) >= 11 is 0. The molecule has 0 aromatic heterocycles. The molecule has 4 rings (SSSR count). The number of anilines is 1. The van der Waals surface area contributed by atoms with Gasteiger partial charge in [-0.1, -0.05) is 90.5 Å². The molecule has 0 aliphatic rings. The zero-order valence-electron chi connectivity index (χ0n) is 26.9. The topological polar surface area (TPSA) is 86.8 Å². The Kier molecular flexibility index (Phi) is 10.5. The van der Waals surface area contributed by atoms with Crippen LogP contribution in [0.5, 0.6) is 0 Å². The minimum absolute atomic E-state index is 0.0788. The van der Waals surface area contributed by atoms with Gasteiger partial charge in [0.2, 0.25) is 11.8 Å². The fraction of sp³-hybridized carbons (Fsp3) is 0.297. The SMILES string of the molecule is Cc1ccc(CN(C(=O)CN(c2cccc(C)c2C)S(=O)(=O)c2ccccc2)[C@H](Cc2ccccc2)C(=O)NC(C)(C)C)cc1. The van der Waals surface area contributed by atoms with Crippen molar-refractivity contribution < 1.29 is 18.0 Å². The molecule has 2 amide bonds. The minimum Gasteiger partial charge on any atom is -0.350 e. The molecule has 0 unspecified atom stereocenters. The van der Waals surface area contributed by atoms with Crippen LogP contribution in [0.25, 0.3) is 0 Å². The van der Waals surface area contributed by atoms with E-state index >= 15 is 0 Å². The summed E-state index contributed by atoms with van der Waals surface area (Å²) in [6.07, 6.45) is 0.259. The van der Waals surface area contributed by atoms with E-state index in [4.69, 9.17) is 0 Å². The first kappa shape index (κ1) is 33.5. The predicted molar refractivity (Wildman–Crippen MR) is 180 cm³/mol. The van der Waals surface area contributed by atoms with Gasteiger partial charge in [0.25, 0.3) is 10.0 Å². The molecule has 4 aromatic carbocycles. The van der Waals surface area contributed by atoms with Crippen molar-refractivity contribution in [3.8, 4) is 0 Å². The van der Waals surface area contributed by atoms with Crippen molar-refractivity contribution in [3.63, 3.8) is 0 Å². The van der Waals surface area contributed by atoms with E-state index in [0.717, 1.165) is 27.8 Å². The van der Waals surface area contributed by atoms with E-state index in [9.17, 15) is 18.0 Å². The summed E-state index contributed by atoms with van der Waals surface area (Å²) in [7, 11) is -4.15. The molecule has 8 heteroatoms. The van der Waals surface area contributed by atoms with Crippen LogP contribution in [0.2, 0.25) is 0 Å². The van der Waals surface area contributed by atoms with E-state index < -0.39 is 34.1 Å². The lowest BCUT2D eigenvalue weighted by atomic mass is 10.0. The molecule has 45 heavy (non-hydrogen) atoms. The van der Waals surface area contributed by atoms with Crippen LogP contribution in [-0.2, 0) is 32.6 Å². The van der Waals surface area contributed by atoms with Gasteiger partial charge in [-0.05, 0) is 82.0 Å². The number of aryl methyl sites for hydroxylation is 2. The number of sulfonamides is 1. The van der Waals surface area contributed by atoms with Gasteiger partial charge in [0.05, 0.1) is 10.6 Å². The number of hydrogen-bond donors (Lipinski definition) is 1. The van der Waals surface area contributed by atoms with Gasteiger partial charge >= 0.3 is 0 Å². The van der Waals surface area contributed by atoms with Gasteiger partial charge in [-0.2, -0.15) is 0 Å². The highest BCUT2D eigenvalue weighted by Gasteiger charge is 2.36. The minimum atomic E-state index is -4.15. The molecule has 0 saturated heterocycles. The molecule has 0 heterocycles. The summed E-state index contributed by atoms with van der Waals surface area (Å²) in [4.78, 5) is 30.2. The van der Waals surface area contributed by atoms with E-state index in [1.807, 2.05) is 102 Å². The first-order chi connectivity index (χ1) is 21.3. The molecule has 4 aromatic rings. The molecule has 0 bridgehead atoms. The summed E-state index contributed by atoms with van der Waals surface area (Å²) in [6, 6.07) is 30.0. The average molecular weight is 626 g/mol. The lowest BCUT2D eigenvalue weighted by Gasteiger charge is -2.35. The Hall–Kier alpha value is -4.43. The zero-order chi connectivity index (χ0) is 32.8. The van der Waals surface area contributed by atoms with Gasteiger partial charge in [0, 0.05) is 18.5 Å². The highest BCUT2D eigenvalue weighted by molar-refractivity contribution is 7.92. The van der Waals surface area contributed by atoms with Crippen molar-refractivity contribution in [3.05, 3.63) is 131 Å². The smallest absolute Gasteiger partial charge is 0.264 e. The third kappa shape index (κ3) is 8.60. The second-order valence-electron chi connectivity index (χ2n) is 12.5. The third-order valence-corrected chi connectivity index (χ3v) is 9.47. The Morgan fingerprint density at radius 3 is 1.96 bits per heavy atom. The zero-order valence-corrected chi connectivity index (χ0v) is 27.8. The number of rotatable bonds is 11.